The summed E-state index contributed by atoms with van der Waals surface area (Å²) in [6, 6.07) is 10.00. The summed E-state index contributed by atoms with van der Waals surface area (Å²) in [7, 11) is 0. The molecule has 1 heterocycles. The highest BCUT2D eigenvalue weighted by Crippen LogP contribution is 2.24. The second-order valence-electron chi connectivity index (χ2n) is 8.15. The van der Waals surface area contributed by atoms with Crippen LogP contribution in [0.25, 0.3) is 0 Å². The second kappa shape index (κ2) is 11.3. The van der Waals surface area contributed by atoms with Crippen molar-refractivity contribution in [2.75, 3.05) is 13.1 Å². The zero-order valence-electron chi connectivity index (χ0n) is 18.5. The standard InChI is InChI=1S/C25H31N3O4/c1-3-15-28(22(29)17-26-24(30)21-10-7-16-32-21)23(19-13-11-18(2)12-14-19)25(31)27-20-8-5-4-6-9-20/h3,7,10-14,16,20,23H,1,4-6,8-9,15,17H2,2H3,(H,26,30)(H,27,31). The van der Waals surface area contributed by atoms with Crippen LogP contribution >= 0.6 is 0 Å². The van der Waals surface area contributed by atoms with Crippen LogP contribution in [-0.4, -0.2) is 41.8 Å². The molecule has 2 aromatic rings. The lowest BCUT2D eigenvalue weighted by Crippen LogP contribution is -2.49. The molecule has 1 aromatic heterocycles. The lowest BCUT2D eigenvalue weighted by Gasteiger charge is -2.33. The third kappa shape index (κ3) is 6.09. The van der Waals surface area contributed by atoms with Gasteiger partial charge in [0.2, 0.25) is 11.8 Å². The van der Waals surface area contributed by atoms with Crippen molar-refractivity contribution in [3.63, 3.8) is 0 Å². The number of carbonyl (C=O) groups excluding carboxylic acids is 3. The monoisotopic (exact) mass is 437 g/mol. The molecule has 0 bridgehead atoms. The molecule has 7 heteroatoms. The molecule has 1 aliphatic rings. The van der Waals surface area contributed by atoms with Crippen molar-refractivity contribution < 1.29 is 18.8 Å². The summed E-state index contributed by atoms with van der Waals surface area (Å²) in [6.45, 7) is 5.64. The molecule has 170 valence electrons. The minimum atomic E-state index is -0.816. The van der Waals surface area contributed by atoms with Gasteiger partial charge in [0.1, 0.15) is 6.04 Å². The molecular weight excluding hydrogens is 406 g/mol. The average Bonchev–Trinajstić information content (AvgIpc) is 3.34. The first kappa shape index (κ1) is 23.3. The fourth-order valence-electron chi connectivity index (χ4n) is 3.99. The maximum absolute atomic E-state index is 13.4. The maximum Gasteiger partial charge on any atom is 0.287 e. The molecule has 0 radical (unpaired) electrons. The Kier molecular flexibility index (Phi) is 8.25. The first-order valence-electron chi connectivity index (χ1n) is 11.1. The van der Waals surface area contributed by atoms with Gasteiger partial charge in [-0.15, -0.1) is 6.58 Å². The molecule has 1 aliphatic carbocycles. The van der Waals surface area contributed by atoms with Gasteiger partial charge in [-0.3, -0.25) is 14.4 Å². The fourth-order valence-corrected chi connectivity index (χ4v) is 3.99. The van der Waals surface area contributed by atoms with Crippen LogP contribution in [0.5, 0.6) is 0 Å². The minimum Gasteiger partial charge on any atom is -0.459 e. The number of nitrogens with zero attached hydrogens (tertiary/aromatic N) is 1. The molecule has 1 unspecified atom stereocenters. The summed E-state index contributed by atoms with van der Waals surface area (Å²) >= 11 is 0. The molecular formula is C25H31N3O4. The van der Waals surface area contributed by atoms with E-state index in [1.165, 1.54) is 23.7 Å². The zero-order valence-corrected chi connectivity index (χ0v) is 18.5. The van der Waals surface area contributed by atoms with Gasteiger partial charge in [0.05, 0.1) is 12.8 Å². The van der Waals surface area contributed by atoms with Gasteiger partial charge in [-0.1, -0.05) is 55.2 Å². The lowest BCUT2D eigenvalue weighted by atomic mass is 9.94. The molecule has 0 aliphatic heterocycles. The molecule has 0 saturated heterocycles. The third-order valence-electron chi connectivity index (χ3n) is 5.70. The molecule has 1 aromatic carbocycles. The Balaban J connectivity index is 1.80. The zero-order chi connectivity index (χ0) is 22.9. The van der Waals surface area contributed by atoms with Gasteiger partial charge in [0, 0.05) is 12.6 Å². The van der Waals surface area contributed by atoms with E-state index in [1.54, 1.807) is 12.1 Å². The molecule has 3 amide bonds. The summed E-state index contributed by atoms with van der Waals surface area (Å²) in [5.74, 6) is -0.957. The number of hydrogen-bond donors (Lipinski definition) is 2. The van der Waals surface area contributed by atoms with Crippen molar-refractivity contribution in [1.82, 2.24) is 15.5 Å². The molecule has 0 spiro atoms. The number of amides is 3. The highest BCUT2D eigenvalue weighted by Gasteiger charge is 2.32. The van der Waals surface area contributed by atoms with Crippen LogP contribution in [0.3, 0.4) is 0 Å². The van der Waals surface area contributed by atoms with E-state index in [1.807, 2.05) is 31.2 Å². The van der Waals surface area contributed by atoms with E-state index < -0.39 is 11.9 Å². The van der Waals surface area contributed by atoms with E-state index in [0.29, 0.717) is 0 Å². The van der Waals surface area contributed by atoms with E-state index in [0.717, 1.165) is 36.8 Å². The molecule has 3 rings (SSSR count). The lowest BCUT2D eigenvalue weighted by molar-refractivity contribution is -0.139. The van der Waals surface area contributed by atoms with Gasteiger partial charge < -0.3 is 20.0 Å². The number of benzene rings is 1. The van der Waals surface area contributed by atoms with Crippen molar-refractivity contribution in [1.29, 1.82) is 0 Å². The van der Waals surface area contributed by atoms with Crippen LogP contribution in [-0.2, 0) is 9.59 Å². The van der Waals surface area contributed by atoms with Gasteiger partial charge in [0.25, 0.3) is 5.91 Å². The van der Waals surface area contributed by atoms with Crippen molar-refractivity contribution >= 4 is 17.7 Å². The summed E-state index contributed by atoms with van der Waals surface area (Å²) in [4.78, 5) is 40.2. The van der Waals surface area contributed by atoms with Crippen molar-refractivity contribution in [3.8, 4) is 0 Å². The Morgan fingerprint density at radius 2 is 1.88 bits per heavy atom. The van der Waals surface area contributed by atoms with Crippen LogP contribution in [0, 0.1) is 6.92 Å². The van der Waals surface area contributed by atoms with Crippen LogP contribution in [0.1, 0.15) is 59.8 Å². The van der Waals surface area contributed by atoms with Crippen LogP contribution in [0.4, 0.5) is 0 Å². The van der Waals surface area contributed by atoms with Gasteiger partial charge in [-0.2, -0.15) is 0 Å². The highest BCUT2D eigenvalue weighted by atomic mass is 16.3. The smallest absolute Gasteiger partial charge is 0.287 e. The SMILES string of the molecule is C=CCN(C(=O)CNC(=O)c1ccco1)C(C(=O)NC1CCCCC1)c1ccc(C)cc1. The predicted molar refractivity (Wildman–Crippen MR) is 122 cm³/mol. The first-order chi connectivity index (χ1) is 15.5. The van der Waals surface area contributed by atoms with E-state index >= 15 is 0 Å². The minimum absolute atomic E-state index is 0.114. The molecule has 2 N–H and O–H groups in total. The normalized spacial score (nSPS) is 14.9. The Morgan fingerprint density at radius 3 is 2.50 bits per heavy atom. The fraction of sp³-hybridized carbons (Fsp3) is 0.400. The van der Waals surface area contributed by atoms with Gasteiger partial charge in [-0.25, -0.2) is 0 Å². The van der Waals surface area contributed by atoms with Gasteiger partial charge in [0.15, 0.2) is 5.76 Å². The Morgan fingerprint density at radius 1 is 1.16 bits per heavy atom. The summed E-state index contributed by atoms with van der Waals surface area (Å²) in [5.41, 5.74) is 1.78. The van der Waals surface area contributed by atoms with Gasteiger partial charge >= 0.3 is 0 Å². The number of aryl methyl sites for hydroxylation is 1. The average molecular weight is 438 g/mol. The molecule has 1 saturated carbocycles. The Bertz CT molecular complexity index is 915. The van der Waals surface area contributed by atoms with E-state index in [-0.39, 0.29) is 36.7 Å². The number of furan rings is 1. The largest absolute Gasteiger partial charge is 0.459 e. The first-order valence-corrected chi connectivity index (χ1v) is 11.1. The predicted octanol–water partition coefficient (Wildman–Crippen LogP) is 3.52. The van der Waals surface area contributed by atoms with Crippen molar-refractivity contribution in [2.24, 2.45) is 0 Å². The molecule has 1 fully saturated rings. The summed E-state index contributed by atoms with van der Waals surface area (Å²) in [6.07, 6.45) is 8.24. The Labute approximate surface area is 188 Å². The molecule has 32 heavy (non-hydrogen) atoms. The number of nitrogens with one attached hydrogen (secondary N) is 2. The topological polar surface area (TPSA) is 91.7 Å². The summed E-state index contributed by atoms with van der Waals surface area (Å²) in [5, 5.41) is 5.71. The molecule has 1 atom stereocenters. The second-order valence-corrected chi connectivity index (χ2v) is 8.15. The van der Waals surface area contributed by atoms with Crippen LogP contribution in [0.15, 0.2) is 59.7 Å². The number of rotatable bonds is 9. The molecule has 7 nitrogen and oxygen atoms in total. The van der Waals surface area contributed by atoms with Crippen LogP contribution in [0.2, 0.25) is 0 Å². The third-order valence-corrected chi connectivity index (χ3v) is 5.70. The van der Waals surface area contributed by atoms with Crippen LogP contribution < -0.4 is 10.6 Å². The van der Waals surface area contributed by atoms with Crippen molar-refractivity contribution in [3.05, 3.63) is 72.2 Å². The summed E-state index contributed by atoms with van der Waals surface area (Å²) < 4.78 is 5.07. The van der Waals surface area contributed by atoms with Crippen molar-refractivity contribution in [2.45, 2.75) is 51.1 Å². The van der Waals surface area contributed by atoms with E-state index in [2.05, 4.69) is 17.2 Å². The quantitative estimate of drug-likeness (QED) is 0.587. The van der Waals surface area contributed by atoms with E-state index in [9.17, 15) is 14.4 Å². The maximum atomic E-state index is 13.4. The highest BCUT2D eigenvalue weighted by molar-refractivity contribution is 5.95. The van der Waals surface area contributed by atoms with E-state index in [4.69, 9.17) is 4.42 Å². The number of hydrogen-bond acceptors (Lipinski definition) is 4. The Hall–Kier alpha value is -3.35. The number of carbonyl (C=O) groups is 3. The van der Waals surface area contributed by atoms with Gasteiger partial charge in [-0.05, 0) is 37.5 Å².